The van der Waals surface area contributed by atoms with Crippen molar-refractivity contribution < 1.29 is 4.79 Å². The lowest BCUT2D eigenvalue weighted by atomic mass is 10.0. The van der Waals surface area contributed by atoms with Gasteiger partial charge in [0, 0.05) is 31.6 Å². The van der Waals surface area contributed by atoms with E-state index in [0.29, 0.717) is 11.9 Å². The maximum absolute atomic E-state index is 12.2. The van der Waals surface area contributed by atoms with E-state index in [4.69, 9.17) is 0 Å². The van der Waals surface area contributed by atoms with Crippen LogP contribution in [-0.2, 0) is 4.79 Å². The number of carbonyl (C=O) groups excluding carboxylic acids is 1. The molecule has 0 aromatic carbocycles. The zero-order valence-corrected chi connectivity index (χ0v) is 10.4. The summed E-state index contributed by atoms with van der Waals surface area (Å²) in [6.45, 7) is 6.94. The number of nitrogens with zero attached hydrogens (tertiary/aromatic N) is 2. The van der Waals surface area contributed by atoms with Crippen molar-refractivity contribution >= 4 is 5.91 Å². The van der Waals surface area contributed by atoms with Crippen LogP contribution < -0.4 is 5.32 Å². The molecule has 0 aliphatic carbocycles. The van der Waals surface area contributed by atoms with Gasteiger partial charge in [-0.25, -0.2) is 0 Å². The van der Waals surface area contributed by atoms with Crippen LogP contribution in [0.3, 0.4) is 0 Å². The summed E-state index contributed by atoms with van der Waals surface area (Å²) in [5.74, 6) is 0.488. The molecule has 1 N–H and O–H groups in total. The first kappa shape index (κ1) is 11.9. The highest BCUT2D eigenvalue weighted by molar-refractivity contribution is 5.79. The number of piperidine rings is 1. The summed E-state index contributed by atoms with van der Waals surface area (Å²) in [5.41, 5.74) is 0. The molecule has 4 nitrogen and oxygen atoms in total. The van der Waals surface area contributed by atoms with Gasteiger partial charge in [-0.15, -0.1) is 0 Å². The molecule has 92 valence electrons. The van der Waals surface area contributed by atoms with Crippen molar-refractivity contribution in [2.45, 2.75) is 25.8 Å². The predicted octanol–water partition coefficient (Wildman–Crippen LogP) is 0.149. The van der Waals surface area contributed by atoms with Crippen LogP contribution in [0.5, 0.6) is 0 Å². The van der Waals surface area contributed by atoms with Gasteiger partial charge < -0.3 is 15.1 Å². The second-order valence-electron chi connectivity index (χ2n) is 5.17. The molecule has 0 aromatic rings. The summed E-state index contributed by atoms with van der Waals surface area (Å²) >= 11 is 0. The van der Waals surface area contributed by atoms with Crippen LogP contribution in [0.25, 0.3) is 0 Å². The zero-order valence-electron chi connectivity index (χ0n) is 10.4. The molecular formula is C12H23N3O. The fourth-order valence-electron chi connectivity index (χ4n) is 2.67. The number of likely N-dealkylation sites (tertiary alicyclic amines) is 1. The van der Waals surface area contributed by atoms with Crippen molar-refractivity contribution in [3.63, 3.8) is 0 Å². The van der Waals surface area contributed by atoms with Gasteiger partial charge in [0.1, 0.15) is 0 Å². The van der Waals surface area contributed by atoms with Gasteiger partial charge in [0.05, 0.1) is 0 Å². The van der Waals surface area contributed by atoms with Gasteiger partial charge in [-0.3, -0.25) is 4.79 Å². The van der Waals surface area contributed by atoms with Crippen molar-refractivity contribution in [3.8, 4) is 0 Å². The van der Waals surface area contributed by atoms with Crippen LogP contribution in [0.1, 0.15) is 19.8 Å². The lowest BCUT2D eigenvalue weighted by molar-refractivity contribution is -0.137. The number of carbonyl (C=O) groups is 1. The first-order valence-corrected chi connectivity index (χ1v) is 6.38. The third-order valence-electron chi connectivity index (χ3n) is 3.81. The summed E-state index contributed by atoms with van der Waals surface area (Å²) in [4.78, 5) is 16.7. The highest BCUT2D eigenvalue weighted by atomic mass is 16.2. The van der Waals surface area contributed by atoms with E-state index in [1.807, 2.05) is 6.92 Å². The van der Waals surface area contributed by atoms with E-state index in [1.54, 1.807) is 0 Å². The van der Waals surface area contributed by atoms with Crippen LogP contribution in [0.15, 0.2) is 0 Å². The van der Waals surface area contributed by atoms with Crippen LogP contribution in [-0.4, -0.2) is 61.5 Å². The molecule has 1 atom stereocenters. The quantitative estimate of drug-likeness (QED) is 0.690. The van der Waals surface area contributed by atoms with E-state index < -0.39 is 0 Å². The van der Waals surface area contributed by atoms with Crippen molar-refractivity contribution in [3.05, 3.63) is 0 Å². The smallest absolute Gasteiger partial charge is 0.226 e. The molecular weight excluding hydrogens is 202 g/mol. The predicted molar refractivity (Wildman–Crippen MR) is 64.3 cm³/mol. The SMILES string of the molecule is CC1CNCCN(C2CCN(C)CC2)C1=O. The molecule has 2 fully saturated rings. The summed E-state index contributed by atoms with van der Waals surface area (Å²) in [7, 11) is 2.16. The maximum Gasteiger partial charge on any atom is 0.226 e. The average molecular weight is 225 g/mol. The Kier molecular flexibility index (Phi) is 3.82. The lowest BCUT2D eigenvalue weighted by Crippen LogP contribution is -2.48. The van der Waals surface area contributed by atoms with Crippen LogP contribution >= 0.6 is 0 Å². The number of hydrogen-bond acceptors (Lipinski definition) is 3. The van der Waals surface area contributed by atoms with Gasteiger partial charge in [0.15, 0.2) is 0 Å². The highest BCUT2D eigenvalue weighted by Gasteiger charge is 2.30. The third-order valence-corrected chi connectivity index (χ3v) is 3.81. The monoisotopic (exact) mass is 225 g/mol. The molecule has 2 aliphatic heterocycles. The minimum Gasteiger partial charge on any atom is -0.338 e. The molecule has 0 saturated carbocycles. The number of rotatable bonds is 1. The average Bonchev–Trinajstić information content (AvgIpc) is 2.44. The van der Waals surface area contributed by atoms with Gasteiger partial charge in [-0.2, -0.15) is 0 Å². The van der Waals surface area contributed by atoms with E-state index in [9.17, 15) is 4.79 Å². The Bertz CT molecular complexity index is 249. The zero-order chi connectivity index (χ0) is 11.5. The summed E-state index contributed by atoms with van der Waals surface area (Å²) in [6.07, 6.45) is 2.27. The lowest BCUT2D eigenvalue weighted by Gasteiger charge is -2.37. The minimum absolute atomic E-state index is 0.141. The Balaban J connectivity index is 1.98. The Morgan fingerprint density at radius 2 is 1.94 bits per heavy atom. The molecule has 0 spiro atoms. The number of nitrogens with one attached hydrogen (secondary N) is 1. The fraction of sp³-hybridized carbons (Fsp3) is 0.917. The van der Waals surface area contributed by atoms with E-state index in [2.05, 4.69) is 22.2 Å². The molecule has 2 aliphatic rings. The second kappa shape index (κ2) is 5.15. The Labute approximate surface area is 98.0 Å². The van der Waals surface area contributed by atoms with Crippen LogP contribution in [0.2, 0.25) is 0 Å². The minimum atomic E-state index is 0.141. The molecule has 2 rings (SSSR count). The third kappa shape index (κ3) is 2.55. The topological polar surface area (TPSA) is 35.6 Å². The highest BCUT2D eigenvalue weighted by Crippen LogP contribution is 2.18. The van der Waals surface area contributed by atoms with E-state index in [1.165, 1.54) is 0 Å². The molecule has 0 aromatic heterocycles. The summed E-state index contributed by atoms with van der Waals surface area (Å²) in [5, 5.41) is 3.33. The van der Waals surface area contributed by atoms with Gasteiger partial charge >= 0.3 is 0 Å². The summed E-state index contributed by atoms with van der Waals surface area (Å²) in [6, 6.07) is 0.478. The number of hydrogen-bond donors (Lipinski definition) is 1. The molecule has 2 saturated heterocycles. The summed E-state index contributed by atoms with van der Waals surface area (Å²) < 4.78 is 0. The van der Waals surface area contributed by atoms with Crippen LogP contribution in [0, 0.1) is 5.92 Å². The first-order valence-electron chi connectivity index (χ1n) is 6.38. The van der Waals surface area contributed by atoms with Crippen molar-refractivity contribution in [2.75, 3.05) is 39.8 Å². The second-order valence-corrected chi connectivity index (χ2v) is 5.17. The standard InChI is InChI=1S/C12H23N3O/c1-10-9-13-5-8-15(12(10)16)11-3-6-14(2)7-4-11/h10-11,13H,3-9H2,1-2H3. The van der Waals surface area contributed by atoms with Crippen LogP contribution in [0.4, 0.5) is 0 Å². The first-order chi connectivity index (χ1) is 7.68. The molecule has 1 amide bonds. The van der Waals surface area contributed by atoms with Crippen molar-refractivity contribution in [1.29, 1.82) is 0 Å². The molecule has 16 heavy (non-hydrogen) atoms. The van der Waals surface area contributed by atoms with Gasteiger partial charge in [-0.1, -0.05) is 6.92 Å². The molecule has 2 heterocycles. The van der Waals surface area contributed by atoms with Crippen molar-refractivity contribution in [2.24, 2.45) is 5.92 Å². The Morgan fingerprint density at radius 3 is 2.62 bits per heavy atom. The largest absolute Gasteiger partial charge is 0.338 e. The van der Waals surface area contributed by atoms with Crippen molar-refractivity contribution in [1.82, 2.24) is 15.1 Å². The Morgan fingerprint density at radius 1 is 1.25 bits per heavy atom. The Hall–Kier alpha value is -0.610. The normalized spacial score (nSPS) is 30.5. The fourth-order valence-corrected chi connectivity index (χ4v) is 2.67. The molecule has 0 radical (unpaired) electrons. The molecule has 1 unspecified atom stereocenters. The van der Waals surface area contributed by atoms with E-state index >= 15 is 0 Å². The molecule has 0 bridgehead atoms. The number of amides is 1. The van der Waals surface area contributed by atoms with Gasteiger partial charge in [0.2, 0.25) is 5.91 Å². The van der Waals surface area contributed by atoms with E-state index in [0.717, 1.165) is 45.6 Å². The van der Waals surface area contributed by atoms with E-state index in [-0.39, 0.29) is 5.92 Å². The maximum atomic E-state index is 12.2. The van der Waals surface area contributed by atoms with Gasteiger partial charge in [0.25, 0.3) is 0 Å². The van der Waals surface area contributed by atoms with Gasteiger partial charge in [-0.05, 0) is 33.0 Å². The molecule has 4 heteroatoms.